The molecule has 0 unspecified atom stereocenters. The molecule has 0 aliphatic rings. The van der Waals surface area contributed by atoms with E-state index in [1.54, 1.807) is 6.07 Å². The minimum atomic E-state index is -0.601. The maximum atomic E-state index is 12.7. The fourth-order valence-electron chi connectivity index (χ4n) is 1.21. The molecule has 6 heteroatoms. The molecule has 1 aromatic carbocycles. The van der Waals surface area contributed by atoms with Crippen molar-refractivity contribution in [1.29, 1.82) is 0 Å². The highest BCUT2D eigenvalue weighted by Crippen LogP contribution is 2.18. The summed E-state index contributed by atoms with van der Waals surface area (Å²) < 4.78 is 12.7. The molecule has 0 bridgehead atoms. The van der Waals surface area contributed by atoms with Crippen LogP contribution in [0.4, 0.5) is 10.2 Å². The highest BCUT2D eigenvalue weighted by molar-refractivity contribution is 6.05. The second-order valence-corrected chi connectivity index (χ2v) is 3.09. The number of nitrogens with zero attached hydrogens (tertiary/aromatic N) is 1. The van der Waals surface area contributed by atoms with Crippen LogP contribution in [0.3, 0.4) is 0 Å². The molecule has 0 saturated carbocycles. The number of anilines is 1. The summed E-state index contributed by atoms with van der Waals surface area (Å²) in [5.74, 6) is -1.15. The Bertz CT molecular complexity index is 511. The second-order valence-electron chi connectivity index (χ2n) is 3.09. The van der Waals surface area contributed by atoms with Gasteiger partial charge in [0.15, 0.2) is 0 Å². The lowest BCUT2D eigenvalue weighted by atomic mass is 10.2. The summed E-state index contributed by atoms with van der Waals surface area (Å²) in [6.45, 7) is 0. The smallest absolute Gasteiger partial charge is 0.260 e. The molecule has 2 aromatic rings. The molecule has 1 amide bonds. The number of phenols is 1. The molecule has 0 aliphatic carbocycles. The molecule has 1 heterocycles. The van der Waals surface area contributed by atoms with Crippen molar-refractivity contribution in [3.05, 3.63) is 41.8 Å². The minimum Gasteiger partial charge on any atom is -0.507 e. The van der Waals surface area contributed by atoms with Crippen LogP contribution in [-0.2, 0) is 0 Å². The third-order valence-corrected chi connectivity index (χ3v) is 1.95. The summed E-state index contributed by atoms with van der Waals surface area (Å²) in [7, 11) is 0. The van der Waals surface area contributed by atoms with Gasteiger partial charge >= 0.3 is 0 Å². The molecule has 0 aliphatic heterocycles. The Labute approximate surface area is 89.9 Å². The minimum absolute atomic E-state index is 0.00370. The normalized spacial score (nSPS) is 10.1. The number of aromatic hydroxyl groups is 1. The van der Waals surface area contributed by atoms with E-state index in [0.717, 1.165) is 12.1 Å². The number of nitrogens with one attached hydrogen (secondary N) is 2. The van der Waals surface area contributed by atoms with E-state index < -0.39 is 17.5 Å². The highest BCUT2D eigenvalue weighted by atomic mass is 19.1. The molecule has 1 aromatic heterocycles. The molecule has 0 saturated heterocycles. The number of hydrogen-bond donors (Lipinski definition) is 3. The molecule has 0 spiro atoms. The zero-order valence-corrected chi connectivity index (χ0v) is 8.07. The predicted octanol–water partition coefficient (Wildman–Crippen LogP) is 1.51. The van der Waals surface area contributed by atoms with E-state index >= 15 is 0 Å². The van der Waals surface area contributed by atoms with Gasteiger partial charge < -0.3 is 10.4 Å². The Balaban J connectivity index is 2.21. The van der Waals surface area contributed by atoms with Gasteiger partial charge in [-0.2, -0.15) is 5.10 Å². The Morgan fingerprint density at radius 2 is 2.25 bits per heavy atom. The Morgan fingerprint density at radius 1 is 1.44 bits per heavy atom. The Kier molecular flexibility index (Phi) is 2.55. The third kappa shape index (κ3) is 2.00. The van der Waals surface area contributed by atoms with E-state index in [9.17, 15) is 14.3 Å². The molecular weight excluding hydrogens is 213 g/mol. The van der Waals surface area contributed by atoms with Crippen LogP contribution in [0, 0.1) is 5.82 Å². The van der Waals surface area contributed by atoms with Gasteiger partial charge in [0.2, 0.25) is 0 Å². The number of H-pyrrole nitrogens is 1. The molecule has 3 N–H and O–H groups in total. The van der Waals surface area contributed by atoms with Crippen LogP contribution in [0.25, 0.3) is 0 Å². The number of aromatic nitrogens is 2. The number of carbonyl (C=O) groups is 1. The van der Waals surface area contributed by atoms with Gasteiger partial charge in [-0.1, -0.05) is 0 Å². The number of aromatic amines is 1. The second kappa shape index (κ2) is 4.01. The Morgan fingerprint density at radius 3 is 2.88 bits per heavy atom. The van der Waals surface area contributed by atoms with Crippen LogP contribution in [0.2, 0.25) is 0 Å². The molecule has 0 atom stereocenters. The van der Waals surface area contributed by atoms with Crippen molar-refractivity contribution >= 4 is 11.7 Å². The summed E-state index contributed by atoms with van der Waals surface area (Å²) in [5.41, 5.74) is -0.00370. The van der Waals surface area contributed by atoms with Crippen LogP contribution >= 0.6 is 0 Å². The average molecular weight is 221 g/mol. The molecule has 0 fully saturated rings. The van der Waals surface area contributed by atoms with Gasteiger partial charge in [0.05, 0.1) is 11.8 Å². The van der Waals surface area contributed by atoms with E-state index in [4.69, 9.17) is 0 Å². The summed E-state index contributed by atoms with van der Waals surface area (Å²) in [4.78, 5) is 11.6. The van der Waals surface area contributed by atoms with Gasteiger partial charge in [-0.15, -0.1) is 0 Å². The summed E-state index contributed by atoms with van der Waals surface area (Å²) >= 11 is 0. The zero-order valence-electron chi connectivity index (χ0n) is 8.07. The molecule has 16 heavy (non-hydrogen) atoms. The quantitative estimate of drug-likeness (QED) is 0.719. The number of benzene rings is 1. The lowest BCUT2D eigenvalue weighted by Gasteiger charge is -2.04. The fourth-order valence-corrected chi connectivity index (χ4v) is 1.21. The first-order valence-corrected chi connectivity index (χ1v) is 4.46. The van der Waals surface area contributed by atoms with E-state index in [2.05, 4.69) is 15.5 Å². The van der Waals surface area contributed by atoms with Gasteiger partial charge in [0, 0.05) is 12.1 Å². The molecule has 5 nitrogen and oxygen atoms in total. The van der Waals surface area contributed by atoms with Gasteiger partial charge in [0.25, 0.3) is 5.91 Å². The van der Waals surface area contributed by atoms with Crippen molar-refractivity contribution in [3.8, 4) is 5.75 Å². The molecule has 2 rings (SSSR count). The summed E-state index contributed by atoms with van der Waals surface area (Å²) in [6, 6.07) is 4.73. The van der Waals surface area contributed by atoms with Gasteiger partial charge in [-0.25, -0.2) is 4.39 Å². The lowest BCUT2D eigenvalue weighted by molar-refractivity contribution is 0.102. The van der Waals surface area contributed by atoms with Crippen LogP contribution < -0.4 is 5.32 Å². The largest absolute Gasteiger partial charge is 0.507 e. The highest BCUT2D eigenvalue weighted by Gasteiger charge is 2.12. The first kappa shape index (κ1) is 10.2. The van der Waals surface area contributed by atoms with Crippen LogP contribution in [-0.4, -0.2) is 21.2 Å². The molecule has 0 radical (unpaired) electrons. The van der Waals surface area contributed by atoms with Crippen LogP contribution in [0.15, 0.2) is 30.5 Å². The maximum Gasteiger partial charge on any atom is 0.260 e. The number of halogens is 1. The SMILES string of the molecule is O=C(Nc1ccn[nH]1)c1ccc(F)cc1O. The number of rotatable bonds is 2. The number of phenolic OH excluding ortho intramolecular Hbond substituents is 1. The van der Waals surface area contributed by atoms with Crippen molar-refractivity contribution in [2.45, 2.75) is 0 Å². The summed E-state index contributed by atoms with van der Waals surface area (Å²) in [5, 5.41) is 18.0. The van der Waals surface area contributed by atoms with Crippen molar-refractivity contribution in [3.63, 3.8) is 0 Å². The van der Waals surface area contributed by atoms with Crippen LogP contribution in [0.5, 0.6) is 5.75 Å². The summed E-state index contributed by atoms with van der Waals surface area (Å²) in [6.07, 6.45) is 1.47. The van der Waals surface area contributed by atoms with Crippen molar-refractivity contribution < 1.29 is 14.3 Å². The monoisotopic (exact) mass is 221 g/mol. The number of carbonyl (C=O) groups excluding carboxylic acids is 1. The molecular formula is C10H8FN3O2. The predicted molar refractivity (Wildman–Crippen MR) is 54.6 cm³/mol. The fraction of sp³-hybridized carbons (Fsp3) is 0. The molecule has 82 valence electrons. The average Bonchev–Trinajstić information content (AvgIpc) is 2.70. The van der Waals surface area contributed by atoms with E-state index in [1.165, 1.54) is 12.3 Å². The van der Waals surface area contributed by atoms with Gasteiger partial charge in [-0.3, -0.25) is 9.89 Å². The van der Waals surface area contributed by atoms with Crippen LogP contribution in [0.1, 0.15) is 10.4 Å². The first-order valence-electron chi connectivity index (χ1n) is 4.46. The van der Waals surface area contributed by atoms with Crippen molar-refractivity contribution in [2.75, 3.05) is 5.32 Å². The Hall–Kier alpha value is -2.37. The van der Waals surface area contributed by atoms with Gasteiger partial charge in [0.1, 0.15) is 17.4 Å². The van der Waals surface area contributed by atoms with Crippen molar-refractivity contribution in [1.82, 2.24) is 10.2 Å². The maximum absolute atomic E-state index is 12.7. The standard InChI is InChI=1S/C10H8FN3O2/c11-6-1-2-7(8(15)5-6)10(16)13-9-3-4-12-14-9/h1-5,15H,(H2,12,13,14,16). The number of amides is 1. The first-order chi connectivity index (χ1) is 7.66. The lowest BCUT2D eigenvalue weighted by Crippen LogP contribution is -2.12. The third-order valence-electron chi connectivity index (χ3n) is 1.95. The number of hydrogen-bond acceptors (Lipinski definition) is 3. The van der Waals surface area contributed by atoms with E-state index in [-0.39, 0.29) is 5.56 Å². The van der Waals surface area contributed by atoms with Crippen molar-refractivity contribution in [2.24, 2.45) is 0 Å². The van der Waals surface area contributed by atoms with E-state index in [0.29, 0.717) is 5.82 Å². The van der Waals surface area contributed by atoms with E-state index in [1.807, 2.05) is 0 Å². The zero-order chi connectivity index (χ0) is 11.5. The topological polar surface area (TPSA) is 78.0 Å². The van der Waals surface area contributed by atoms with Gasteiger partial charge in [-0.05, 0) is 12.1 Å².